The molecule has 186 valence electrons. The molecule has 0 spiro atoms. The molecule has 3 aliphatic carbocycles. The molecule has 0 radical (unpaired) electrons. The molecule has 1 N–H and O–H groups in total. The molecule has 3 unspecified atom stereocenters. The highest BCUT2D eigenvalue weighted by atomic mass is 16.5. The average molecular weight is 478 g/mol. The van der Waals surface area contributed by atoms with Crippen molar-refractivity contribution >= 4 is 5.71 Å². The number of methoxy groups -OCH3 is 2. The van der Waals surface area contributed by atoms with Gasteiger partial charge in [0, 0.05) is 17.0 Å². The Hall–Kier alpha value is -2.73. The van der Waals surface area contributed by atoms with E-state index in [1.54, 1.807) is 14.2 Å². The topological polar surface area (TPSA) is 69.5 Å². The number of hydrogen-bond donors (Lipinski definition) is 1. The number of fused-ring (bicyclic) bond motifs is 3. The van der Waals surface area contributed by atoms with E-state index < -0.39 is 0 Å². The van der Waals surface area contributed by atoms with E-state index in [9.17, 15) is 5.11 Å². The van der Waals surface area contributed by atoms with Gasteiger partial charge in [-0.3, -0.25) is 4.99 Å². The number of ether oxygens (including phenoxy) is 4. The molecule has 0 saturated heterocycles. The standard InChI is InChI=1S/C29H35NO5/c1-32-26-13-22-21-9-8-20(31)12-24(21)30-29(23(22)14-27(26)33-2)19-7-10-25(34-15-17-3-4-17)28(11-19)35-16-18-5-6-18/h7,10-11,13-14,17-18,20-21,24,31H,3-6,8-9,12,15-16H2,1-2H3. The van der Waals surface area contributed by atoms with Gasteiger partial charge in [0.1, 0.15) is 0 Å². The van der Waals surface area contributed by atoms with Crippen LogP contribution in [0.5, 0.6) is 23.0 Å². The fourth-order valence-corrected chi connectivity index (χ4v) is 5.37. The Labute approximate surface area is 207 Å². The second-order valence-corrected chi connectivity index (χ2v) is 10.6. The maximum absolute atomic E-state index is 10.4. The van der Waals surface area contributed by atoms with E-state index in [-0.39, 0.29) is 18.1 Å². The zero-order chi connectivity index (χ0) is 23.9. The molecule has 3 fully saturated rings. The molecule has 0 bridgehead atoms. The number of aliphatic hydroxyl groups excluding tert-OH is 1. The van der Waals surface area contributed by atoms with Gasteiger partial charge in [0.2, 0.25) is 0 Å². The lowest BCUT2D eigenvalue weighted by Gasteiger charge is -2.37. The summed E-state index contributed by atoms with van der Waals surface area (Å²) in [6, 6.07) is 10.4. The van der Waals surface area contributed by atoms with Gasteiger partial charge in [-0.25, -0.2) is 0 Å². The third-order valence-corrected chi connectivity index (χ3v) is 7.85. The van der Waals surface area contributed by atoms with Crippen molar-refractivity contribution < 1.29 is 24.1 Å². The molecular formula is C29H35NO5. The van der Waals surface area contributed by atoms with Gasteiger partial charge < -0.3 is 24.1 Å². The van der Waals surface area contributed by atoms with Crippen LogP contribution in [0.15, 0.2) is 35.3 Å². The number of hydrogen-bond acceptors (Lipinski definition) is 6. The fraction of sp³-hybridized carbons (Fsp3) is 0.552. The van der Waals surface area contributed by atoms with Crippen LogP contribution < -0.4 is 18.9 Å². The molecule has 4 aliphatic rings. The Morgan fingerprint density at radius 3 is 2.17 bits per heavy atom. The van der Waals surface area contributed by atoms with Crippen molar-refractivity contribution in [1.82, 2.24) is 0 Å². The van der Waals surface area contributed by atoms with E-state index in [2.05, 4.69) is 24.3 Å². The molecule has 35 heavy (non-hydrogen) atoms. The molecule has 3 atom stereocenters. The van der Waals surface area contributed by atoms with Gasteiger partial charge in [-0.15, -0.1) is 0 Å². The Kier molecular flexibility index (Phi) is 6.09. The van der Waals surface area contributed by atoms with Crippen molar-refractivity contribution in [3.8, 4) is 23.0 Å². The van der Waals surface area contributed by atoms with Crippen molar-refractivity contribution in [2.24, 2.45) is 16.8 Å². The summed E-state index contributed by atoms with van der Waals surface area (Å²) in [6.45, 7) is 1.48. The largest absolute Gasteiger partial charge is 0.493 e. The van der Waals surface area contributed by atoms with Crippen molar-refractivity contribution in [3.63, 3.8) is 0 Å². The number of aliphatic imine (C=N–C) groups is 1. The lowest BCUT2D eigenvalue weighted by molar-refractivity contribution is 0.111. The number of rotatable bonds is 9. The minimum Gasteiger partial charge on any atom is -0.493 e. The van der Waals surface area contributed by atoms with E-state index >= 15 is 0 Å². The molecule has 0 aromatic heterocycles. The quantitative estimate of drug-likeness (QED) is 0.542. The monoisotopic (exact) mass is 477 g/mol. The summed E-state index contributed by atoms with van der Waals surface area (Å²) >= 11 is 0. The minimum atomic E-state index is -0.307. The van der Waals surface area contributed by atoms with Crippen molar-refractivity contribution in [2.75, 3.05) is 27.4 Å². The minimum absolute atomic E-state index is 0.0426. The molecular weight excluding hydrogens is 442 g/mol. The first kappa shape index (κ1) is 22.7. The summed E-state index contributed by atoms with van der Waals surface area (Å²) in [7, 11) is 3.34. The second-order valence-electron chi connectivity index (χ2n) is 10.6. The molecule has 6 heteroatoms. The summed E-state index contributed by atoms with van der Waals surface area (Å²) < 4.78 is 23.7. The molecule has 1 heterocycles. The Bertz CT molecular complexity index is 1120. The second kappa shape index (κ2) is 9.38. The summed E-state index contributed by atoms with van der Waals surface area (Å²) in [5, 5.41) is 10.4. The first-order valence-electron chi connectivity index (χ1n) is 13.0. The van der Waals surface area contributed by atoms with Gasteiger partial charge in [0.15, 0.2) is 23.0 Å². The van der Waals surface area contributed by atoms with Crippen LogP contribution in [0.4, 0.5) is 0 Å². The zero-order valence-electron chi connectivity index (χ0n) is 20.7. The van der Waals surface area contributed by atoms with Crippen molar-refractivity contribution in [2.45, 2.75) is 63.0 Å². The molecule has 3 saturated carbocycles. The van der Waals surface area contributed by atoms with Gasteiger partial charge in [-0.05, 0) is 92.7 Å². The summed E-state index contributed by atoms with van der Waals surface area (Å²) in [5.41, 5.74) is 4.21. The van der Waals surface area contributed by atoms with Crippen LogP contribution in [-0.4, -0.2) is 50.4 Å². The third-order valence-electron chi connectivity index (χ3n) is 7.85. The van der Waals surface area contributed by atoms with E-state index in [0.29, 0.717) is 24.0 Å². The van der Waals surface area contributed by atoms with Crippen LogP contribution in [0.3, 0.4) is 0 Å². The van der Waals surface area contributed by atoms with Crippen LogP contribution in [0.1, 0.15) is 67.6 Å². The number of aliphatic hydroxyl groups is 1. The zero-order valence-corrected chi connectivity index (χ0v) is 20.7. The maximum atomic E-state index is 10.4. The van der Waals surface area contributed by atoms with E-state index in [4.69, 9.17) is 23.9 Å². The highest BCUT2D eigenvalue weighted by molar-refractivity contribution is 6.15. The lowest BCUT2D eigenvalue weighted by atomic mass is 9.74. The molecule has 2 aromatic carbocycles. The van der Waals surface area contributed by atoms with E-state index in [0.717, 1.165) is 60.1 Å². The Morgan fingerprint density at radius 2 is 1.49 bits per heavy atom. The highest BCUT2D eigenvalue weighted by Crippen LogP contribution is 2.45. The fourth-order valence-electron chi connectivity index (χ4n) is 5.37. The summed E-state index contributed by atoms with van der Waals surface area (Å²) in [5.74, 6) is 4.64. The predicted octanol–water partition coefficient (Wildman–Crippen LogP) is 5.13. The third kappa shape index (κ3) is 4.73. The smallest absolute Gasteiger partial charge is 0.161 e. The summed E-state index contributed by atoms with van der Waals surface area (Å²) in [6.07, 6.45) is 7.07. The number of nitrogens with zero attached hydrogens (tertiary/aromatic N) is 1. The summed E-state index contributed by atoms with van der Waals surface area (Å²) in [4.78, 5) is 5.22. The van der Waals surface area contributed by atoms with E-state index in [1.807, 2.05) is 6.07 Å². The van der Waals surface area contributed by atoms with Gasteiger partial charge in [-0.2, -0.15) is 0 Å². The predicted molar refractivity (Wildman–Crippen MR) is 134 cm³/mol. The average Bonchev–Trinajstić information content (AvgIpc) is 3.80. The van der Waals surface area contributed by atoms with Crippen LogP contribution in [0.2, 0.25) is 0 Å². The first-order valence-corrected chi connectivity index (χ1v) is 13.0. The van der Waals surface area contributed by atoms with Gasteiger partial charge >= 0.3 is 0 Å². The SMILES string of the molecule is COc1cc2c(cc1OC)C1CCC(O)CC1N=C2c1ccc(OCC2CC2)c(OCC2CC2)c1. The van der Waals surface area contributed by atoms with Crippen LogP contribution in [-0.2, 0) is 0 Å². The molecule has 1 aliphatic heterocycles. The molecule has 6 rings (SSSR count). The van der Waals surface area contributed by atoms with Crippen molar-refractivity contribution in [1.29, 1.82) is 0 Å². The van der Waals surface area contributed by atoms with Crippen molar-refractivity contribution in [3.05, 3.63) is 47.0 Å². The molecule has 0 amide bonds. The lowest BCUT2D eigenvalue weighted by Crippen LogP contribution is -2.34. The van der Waals surface area contributed by atoms with Crippen LogP contribution in [0, 0.1) is 11.8 Å². The molecule has 2 aromatic rings. The van der Waals surface area contributed by atoms with Gasteiger partial charge in [0.05, 0.1) is 45.3 Å². The normalized spacial score (nSPS) is 25.2. The first-order chi connectivity index (χ1) is 17.1. The van der Waals surface area contributed by atoms with Gasteiger partial charge in [0.25, 0.3) is 0 Å². The number of benzene rings is 2. The Morgan fingerprint density at radius 1 is 0.800 bits per heavy atom. The maximum Gasteiger partial charge on any atom is 0.161 e. The van der Waals surface area contributed by atoms with Gasteiger partial charge in [-0.1, -0.05) is 0 Å². The van der Waals surface area contributed by atoms with Crippen LogP contribution in [0.25, 0.3) is 0 Å². The highest BCUT2D eigenvalue weighted by Gasteiger charge is 2.37. The van der Waals surface area contributed by atoms with E-state index in [1.165, 1.54) is 31.2 Å². The molecule has 6 nitrogen and oxygen atoms in total. The Balaban J connectivity index is 1.40. The van der Waals surface area contributed by atoms with Crippen LogP contribution >= 0.6 is 0 Å².